The van der Waals surface area contributed by atoms with Crippen LogP contribution in [0.25, 0.3) is 0 Å². The highest BCUT2D eigenvalue weighted by Crippen LogP contribution is 2.19. The van der Waals surface area contributed by atoms with E-state index in [0.717, 1.165) is 6.42 Å². The summed E-state index contributed by atoms with van der Waals surface area (Å²) in [4.78, 5) is 11.4. The Morgan fingerprint density at radius 1 is 1.25 bits per heavy atom. The van der Waals surface area contributed by atoms with Crippen LogP contribution in [0.15, 0.2) is 0 Å². The molecule has 0 spiro atoms. The summed E-state index contributed by atoms with van der Waals surface area (Å²) < 4.78 is 0. The van der Waals surface area contributed by atoms with E-state index in [1.807, 2.05) is 0 Å². The van der Waals surface area contributed by atoms with E-state index in [-0.39, 0.29) is 11.8 Å². The summed E-state index contributed by atoms with van der Waals surface area (Å²) in [5, 5.41) is 2.71. The van der Waals surface area contributed by atoms with Crippen LogP contribution in [0, 0.1) is 17.8 Å². The third-order valence-corrected chi connectivity index (χ3v) is 2.11. The van der Waals surface area contributed by atoms with Crippen LogP contribution in [0.2, 0.25) is 0 Å². The Hall–Kier alpha value is -0.530. The van der Waals surface area contributed by atoms with Gasteiger partial charge in [0.15, 0.2) is 0 Å². The molecule has 0 aromatic carbocycles. The van der Waals surface area contributed by atoms with Gasteiger partial charge in [-0.25, -0.2) is 0 Å². The molecule has 1 N–H and O–H groups in total. The Labute approximate surface area is 75.7 Å². The van der Waals surface area contributed by atoms with Crippen molar-refractivity contribution < 1.29 is 4.79 Å². The number of amides is 1. The number of hydrogen-bond donors (Lipinski definition) is 1. The van der Waals surface area contributed by atoms with Crippen LogP contribution in [0.4, 0.5) is 0 Å². The Kier molecular flexibility index (Phi) is 4.95. The van der Waals surface area contributed by atoms with Crippen molar-refractivity contribution in [2.75, 3.05) is 7.05 Å². The molecule has 12 heavy (non-hydrogen) atoms. The molecule has 0 heterocycles. The average Bonchev–Trinajstić information content (AvgIpc) is 1.98. The molecule has 0 aliphatic carbocycles. The van der Waals surface area contributed by atoms with Gasteiger partial charge in [0.05, 0.1) is 0 Å². The maximum absolute atomic E-state index is 11.4. The predicted octanol–water partition coefficient (Wildman–Crippen LogP) is 2.05. The molecule has 1 unspecified atom stereocenters. The first-order valence-electron chi connectivity index (χ1n) is 4.70. The molecule has 1 atom stereocenters. The zero-order valence-corrected chi connectivity index (χ0v) is 8.85. The molecular formula is C10H21NO. The molecular weight excluding hydrogens is 150 g/mol. The van der Waals surface area contributed by atoms with Gasteiger partial charge in [0, 0.05) is 13.0 Å². The standard InChI is InChI=1S/C10H21NO/c1-7(2)6-9(8(3)4)10(12)11-5/h7-9H,6H2,1-5H3,(H,11,12). The van der Waals surface area contributed by atoms with E-state index in [1.165, 1.54) is 0 Å². The molecule has 0 aromatic heterocycles. The third kappa shape index (κ3) is 3.74. The van der Waals surface area contributed by atoms with E-state index >= 15 is 0 Å². The summed E-state index contributed by atoms with van der Waals surface area (Å²) in [6, 6.07) is 0. The topological polar surface area (TPSA) is 29.1 Å². The minimum atomic E-state index is 0.176. The van der Waals surface area contributed by atoms with Crippen molar-refractivity contribution in [1.29, 1.82) is 0 Å². The lowest BCUT2D eigenvalue weighted by Crippen LogP contribution is -2.31. The lowest BCUT2D eigenvalue weighted by atomic mass is 9.87. The van der Waals surface area contributed by atoms with Crippen molar-refractivity contribution in [3.05, 3.63) is 0 Å². The van der Waals surface area contributed by atoms with Gasteiger partial charge in [-0.2, -0.15) is 0 Å². The molecule has 72 valence electrons. The van der Waals surface area contributed by atoms with Crippen LogP contribution in [0.3, 0.4) is 0 Å². The fraction of sp³-hybridized carbons (Fsp3) is 0.900. The van der Waals surface area contributed by atoms with Crippen molar-refractivity contribution in [3.63, 3.8) is 0 Å². The Morgan fingerprint density at radius 2 is 1.75 bits per heavy atom. The van der Waals surface area contributed by atoms with E-state index < -0.39 is 0 Å². The van der Waals surface area contributed by atoms with Crippen LogP contribution in [0.5, 0.6) is 0 Å². The van der Waals surface area contributed by atoms with E-state index in [2.05, 4.69) is 33.0 Å². The van der Waals surface area contributed by atoms with E-state index in [4.69, 9.17) is 0 Å². The van der Waals surface area contributed by atoms with Gasteiger partial charge < -0.3 is 5.32 Å². The van der Waals surface area contributed by atoms with Crippen LogP contribution < -0.4 is 5.32 Å². The fourth-order valence-corrected chi connectivity index (χ4v) is 1.38. The van der Waals surface area contributed by atoms with Crippen LogP contribution in [-0.4, -0.2) is 13.0 Å². The molecule has 0 bridgehead atoms. The van der Waals surface area contributed by atoms with Gasteiger partial charge in [0.1, 0.15) is 0 Å². The number of carbonyl (C=O) groups is 1. The molecule has 2 nitrogen and oxygen atoms in total. The minimum absolute atomic E-state index is 0.176. The van der Waals surface area contributed by atoms with Gasteiger partial charge in [-0.15, -0.1) is 0 Å². The van der Waals surface area contributed by atoms with E-state index in [9.17, 15) is 4.79 Å². The number of hydrogen-bond acceptors (Lipinski definition) is 1. The second kappa shape index (κ2) is 5.18. The molecule has 0 aliphatic heterocycles. The Morgan fingerprint density at radius 3 is 2.00 bits per heavy atom. The van der Waals surface area contributed by atoms with Gasteiger partial charge in [-0.05, 0) is 18.3 Å². The van der Waals surface area contributed by atoms with Crippen molar-refractivity contribution in [1.82, 2.24) is 5.32 Å². The molecule has 0 aromatic rings. The summed E-state index contributed by atoms with van der Waals surface area (Å²) in [5.74, 6) is 1.38. The Balaban J connectivity index is 4.13. The highest BCUT2D eigenvalue weighted by atomic mass is 16.1. The second-order valence-corrected chi connectivity index (χ2v) is 4.09. The SMILES string of the molecule is CNC(=O)C(CC(C)C)C(C)C. The van der Waals surface area contributed by atoms with Gasteiger partial charge >= 0.3 is 0 Å². The minimum Gasteiger partial charge on any atom is -0.359 e. The van der Waals surface area contributed by atoms with Gasteiger partial charge in [0.25, 0.3) is 0 Å². The highest BCUT2D eigenvalue weighted by Gasteiger charge is 2.21. The first-order valence-corrected chi connectivity index (χ1v) is 4.70. The van der Waals surface area contributed by atoms with Crippen LogP contribution in [-0.2, 0) is 4.79 Å². The van der Waals surface area contributed by atoms with Crippen molar-refractivity contribution >= 4 is 5.91 Å². The maximum atomic E-state index is 11.4. The number of rotatable bonds is 4. The molecule has 0 saturated heterocycles. The summed E-state index contributed by atoms with van der Waals surface area (Å²) in [6.07, 6.45) is 0.983. The Bertz CT molecular complexity index is 141. The molecule has 2 heteroatoms. The summed E-state index contributed by atoms with van der Waals surface area (Å²) in [5.41, 5.74) is 0. The molecule has 0 rings (SSSR count). The lowest BCUT2D eigenvalue weighted by molar-refractivity contribution is -0.126. The zero-order valence-electron chi connectivity index (χ0n) is 8.85. The number of nitrogens with one attached hydrogen (secondary N) is 1. The normalized spacial score (nSPS) is 13.6. The van der Waals surface area contributed by atoms with E-state index in [0.29, 0.717) is 11.8 Å². The highest BCUT2D eigenvalue weighted by molar-refractivity contribution is 5.78. The van der Waals surface area contributed by atoms with Gasteiger partial charge in [0.2, 0.25) is 5.91 Å². The number of carbonyl (C=O) groups excluding carboxylic acids is 1. The van der Waals surface area contributed by atoms with Crippen molar-refractivity contribution in [3.8, 4) is 0 Å². The average molecular weight is 171 g/mol. The second-order valence-electron chi connectivity index (χ2n) is 4.09. The van der Waals surface area contributed by atoms with Crippen molar-refractivity contribution in [2.24, 2.45) is 17.8 Å². The third-order valence-electron chi connectivity index (χ3n) is 2.11. The monoisotopic (exact) mass is 171 g/mol. The molecule has 0 fully saturated rings. The zero-order chi connectivity index (χ0) is 9.72. The largest absolute Gasteiger partial charge is 0.359 e. The molecule has 0 radical (unpaired) electrons. The quantitative estimate of drug-likeness (QED) is 0.689. The first-order chi connectivity index (χ1) is 5.49. The molecule has 0 aliphatic rings. The fourth-order valence-electron chi connectivity index (χ4n) is 1.38. The van der Waals surface area contributed by atoms with Crippen LogP contribution >= 0.6 is 0 Å². The molecule has 1 amide bonds. The summed E-state index contributed by atoms with van der Waals surface area (Å²) in [6.45, 7) is 8.50. The lowest BCUT2D eigenvalue weighted by Gasteiger charge is -2.20. The van der Waals surface area contributed by atoms with E-state index in [1.54, 1.807) is 7.05 Å². The summed E-state index contributed by atoms with van der Waals surface area (Å²) >= 11 is 0. The van der Waals surface area contributed by atoms with Gasteiger partial charge in [-0.3, -0.25) is 4.79 Å². The molecule has 0 saturated carbocycles. The first kappa shape index (κ1) is 11.5. The van der Waals surface area contributed by atoms with Crippen LogP contribution in [0.1, 0.15) is 34.1 Å². The maximum Gasteiger partial charge on any atom is 0.223 e. The van der Waals surface area contributed by atoms with Gasteiger partial charge in [-0.1, -0.05) is 27.7 Å². The van der Waals surface area contributed by atoms with Crippen molar-refractivity contribution in [2.45, 2.75) is 34.1 Å². The predicted molar refractivity (Wildman–Crippen MR) is 51.8 cm³/mol. The summed E-state index contributed by atoms with van der Waals surface area (Å²) in [7, 11) is 1.71. The smallest absolute Gasteiger partial charge is 0.223 e.